The molecule has 2 aromatic rings. The van der Waals surface area contributed by atoms with Crippen LogP contribution >= 0.6 is 27.5 Å². The van der Waals surface area contributed by atoms with Crippen LogP contribution in [0, 0.1) is 6.92 Å². The van der Waals surface area contributed by atoms with Crippen LogP contribution in [0.2, 0.25) is 5.02 Å². The van der Waals surface area contributed by atoms with E-state index in [1.54, 1.807) is 18.2 Å². The fourth-order valence-electron chi connectivity index (χ4n) is 1.63. The third kappa shape index (κ3) is 3.28. The number of aryl methyl sites for hydroxylation is 1. The highest BCUT2D eigenvalue weighted by molar-refractivity contribution is 9.10. The summed E-state index contributed by atoms with van der Waals surface area (Å²) in [4.78, 5) is 12.1. The van der Waals surface area contributed by atoms with Crippen LogP contribution < -0.4 is 11.1 Å². The van der Waals surface area contributed by atoms with E-state index in [4.69, 9.17) is 17.3 Å². The quantitative estimate of drug-likeness (QED) is 0.804. The summed E-state index contributed by atoms with van der Waals surface area (Å²) < 4.78 is 0.826. The van der Waals surface area contributed by atoms with Gasteiger partial charge in [-0.3, -0.25) is 4.79 Å². The van der Waals surface area contributed by atoms with E-state index in [9.17, 15) is 4.79 Å². The molecule has 0 unspecified atom stereocenters. The maximum Gasteiger partial charge on any atom is 0.257 e. The second-order valence-electron chi connectivity index (χ2n) is 4.18. The van der Waals surface area contributed by atoms with Gasteiger partial charge in [-0.05, 0) is 58.7 Å². The van der Waals surface area contributed by atoms with E-state index in [1.165, 1.54) is 0 Å². The fraction of sp³-hybridized carbons (Fsp3) is 0.0714. The Kier molecular flexibility index (Phi) is 4.12. The number of hydrogen-bond acceptors (Lipinski definition) is 2. The number of amides is 1. The van der Waals surface area contributed by atoms with Gasteiger partial charge in [0.2, 0.25) is 0 Å². The molecule has 0 bridgehead atoms. The van der Waals surface area contributed by atoms with Crippen molar-refractivity contribution in [3.63, 3.8) is 0 Å². The predicted molar refractivity (Wildman–Crippen MR) is 82.7 cm³/mol. The van der Waals surface area contributed by atoms with Crippen molar-refractivity contribution in [1.82, 2.24) is 0 Å². The number of benzene rings is 2. The molecule has 3 N–H and O–H groups in total. The minimum Gasteiger partial charge on any atom is -0.399 e. The summed E-state index contributed by atoms with van der Waals surface area (Å²) in [6.45, 7) is 1.98. The van der Waals surface area contributed by atoms with Gasteiger partial charge in [-0.15, -0.1) is 0 Å². The minimum absolute atomic E-state index is 0.269. The lowest BCUT2D eigenvalue weighted by atomic mass is 10.1. The third-order valence-electron chi connectivity index (χ3n) is 2.61. The van der Waals surface area contributed by atoms with Crippen LogP contribution in [-0.4, -0.2) is 5.91 Å². The predicted octanol–water partition coefficient (Wildman–Crippen LogP) is 4.25. The molecular formula is C14H12BrClN2O. The number of hydrogen-bond donors (Lipinski definition) is 2. The molecule has 2 rings (SSSR count). The van der Waals surface area contributed by atoms with E-state index in [0.717, 1.165) is 10.0 Å². The normalized spacial score (nSPS) is 10.3. The Morgan fingerprint density at radius 2 is 2.00 bits per heavy atom. The highest BCUT2D eigenvalue weighted by Gasteiger charge is 2.12. The molecule has 0 saturated heterocycles. The van der Waals surface area contributed by atoms with Crippen LogP contribution in [-0.2, 0) is 0 Å². The van der Waals surface area contributed by atoms with Crippen molar-refractivity contribution in [3.8, 4) is 0 Å². The average molecular weight is 340 g/mol. The zero-order chi connectivity index (χ0) is 14.0. The zero-order valence-corrected chi connectivity index (χ0v) is 12.5. The molecular weight excluding hydrogens is 328 g/mol. The summed E-state index contributed by atoms with van der Waals surface area (Å²) in [6, 6.07) is 10.5. The van der Waals surface area contributed by atoms with Gasteiger partial charge < -0.3 is 11.1 Å². The van der Waals surface area contributed by atoms with Gasteiger partial charge in [-0.2, -0.15) is 0 Å². The minimum atomic E-state index is -0.269. The van der Waals surface area contributed by atoms with Gasteiger partial charge in [0, 0.05) is 10.2 Å². The topological polar surface area (TPSA) is 55.1 Å². The fourth-order valence-corrected chi connectivity index (χ4v) is 2.49. The molecule has 0 radical (unpaired) electrons. The van der Waals surface area contributed by atoms with Crippen molar-refractivity contribution >= 4 is 44.8 Å². The Morgan fingerprint density at radius 1 is 1.26 bits per heavy atom. The molecule has 19 heavy (non-hydrogen) atoms. The molecule has 98 valence electrons. The molecule has 0 aliphatic heterocycles. The van der Waals surface area contributed by atoms with Crippen LogP contribution in [0.25, 0.3) is 0 Å². The second-order valence-corrected chi connectivity index (χ2v) is 5.44. The first kappa shape index (κ1) is 13.9. The molecule has 0 heterocycles. The summed E-state index contributed by atoms with van der Waals surface area (Å²) in [5, 5.41) is 3.14. The lowest BCUT2D eigenvalue weighted by Gasteiger charge is -2.09. The molecule has 0 atom stereocenters. The summed E-state index contributed by atoms with van der Waals surface area (Å²) >= 11 is 9.41. The maximum atomic E-state index is 12.1. The van der Waals surface area contributed by atoms with Crippen molar-refractivity contribution in [2.75, 3.05) is 11.1 Å². The molecule has 5 heteroatoms. The molecule has 0 aliphatic carbocycles. The molecule has 3 nitrogen and oxygen atoms in total. The first-order valence-corrected chi connectivity index (χ1v) is 6.77. The smallest absolute Gasteiger partial charge is 0.257 e. The largest absolute Gasteiger partial charge is 0.399 e. The van der Waals surface area contributed by atoms with Crippen LogP contribution in [0.1, 0.15) is 15.9 Å². The van der Waals surface area contributed by atoms with E-state index in [1.807, 2.05) is 25.1 Å². The number of carbonyl (C=O) groups excluding carboxylic acids is 1. The van der Waals surface area contributed by atoms with Crippen LogP contribution in [0.15, 0.2) is 40.9 Å². The van der Waals surface area contributed by atoms with Gasteiger partial charge >= 0.3 is 0 Å². The Hall–Kier alpha value is -1.52. The van der Waals surface area contributed by atoms with Gasteiger partial charge in [-0.1, -0.05) is 17.7 Å². The van der Waals surface area contributed by atoms with Crippen molar-refractivity contribution in [2.45, 2.75) is 6.92 Å². The van der Waals surface area contributed by atoms with E-state index in [2.05, 4.69) is 21.2 Å². The number of nitrogen functional groups attached to an aromatic ring is 1. The number of anilines is 2. The first-order valence-electron chi connectivity index (χ1n) is 5.60. The van der Waals surface area contributed by atoms with Crippen LogP contribution in [0.5, 0.6) is 0 Å². The first-order chi connectivity index (χ1) is 8.97. The zero-order valence-electron chi connectivity index (χ0n) is 10.2. The van der Waals surface area contributed by atoms with E-state index >= 15 is 0 Å². The third-order valence-corrected chi connectivity index (χ3v) is 3.58. The molecule has 0 spiro atoms. The maximum absolute atomic E-state index is 12.1. The van der Waals surface area contributed by atoms with Gasteiger partial charge in [0.05, 0.1) is 16.3 Å². The number of nitrogens with one attached hydrogen (secondary N) is 1. The average Bonchev–Trinajstić information content (AvgIpc) is 2.32. The number of rotatable bonds is 2. The molecule has 0 fully saturated rings. The molecule has 0 aliphatic rings. The Labute approximate surface area is 124 Å². The molecule has 1 amide bonds. The monoisotopic (exact) mass is 338 g/mol. The number of halogens is 2. The van der Waals surface area contributed by atoms with Crippen LogP contribution in [0.4, 0.5) is 11.4 Å². The molecule has 2 aromatic carbocycles. The SMILES string of the molecule is Cc1ccc(NC(=O)c2ccc(N)cc2Cl)c(Br)c1. The summed E-state index contributed by atoms with van der Waals surface area (Å²) in [5.74, 6) is -0.269. The Bertz CT molecular complexity index is 643. The van der Waals surface area contributed by atoms with Crippen molar-refractivity contribution in [2.24, 2.45) is 0 Å². The van der Waals surface area contributed by atoms with Gasteiger partial charge in [0.25, 0.3) is 5.91 Å². The van der Waals surface area contributed by atoms with Crippen LogP contribution in [0.3, 0.4) is 0 Å². The van der Waals surface area contributed by atoms with E-state index in [0.29, 0.717) is 22.0 Å². The Morgan fingerprint density at radius 3 is 2.63 bits per heavy atom. The number of nitrogens with two attached hydrogens (primary N) is 1. The summed E-state index contributed by atoms with van der Waals surface area (Å²) in [6.07, 6.45) is 0. The number of carbonyl (C=O) groups is 1. The highest BCUT2D eigenvalue weighted by Crippen LogP contribution is 2.25. The molecule has 0 saturated carbocycles. The van der Waals surface area contributed by atoms with Crippen molar-refractivity contribution < 1.29 is 4.79 Å². The molecule has 0 aromatic heterocycles. The highest BCUT2D eigenvalue weighted by atomic mass is 79.9. The second kappa shape index (κ2) is 5.63. The van der Waals surface area contributed by atoms with Crippen molar-refractivity contribution in [1.29, 1.82) is 0 Å². The lowest BCUT2D eigenvalue weighted by molar-refractivity contribution is 0.102. The van der Waals surface area contributed by atoms with Gasteiger partial charge in [0.15, 0.2) is 0 Å². The summed E-state index contributed by atoms with van der Waals surface area (Å²) in [7, 11) is 0. The van der Waals surface area contributed by atoms with E-state index in [-0.39, 0.29) is 5.91 Å². The lowest BCUT2D eigenvalue weighted by Crippen LogP contribution is -2.13. The van der Waals surface area contributed by atoms with E-state index < -0.39 is 0 Å². The van der Waals surface area contributed by atoms with Crippen molar-refractivity contribution in [3.05, 3.63) is 57.0 Å². The Balaban J connectivity index is 2.25. The summed E-state index contributed by atoms with van der Waals surface area (Å²) in [5.41, 5.74) is 8.32. The standard InChI is InChI=1S/C14H12BrClN2O/c1-8-2-5-13(11(15)6-8)18-14(19)10-4-3-9(17)7-12(10)16/h2-7H,17H2,1H3,(H,18,19). The van der Waals surface area contributed by atoms with Gasteiger partial charge in [0.1, 0.15) is 0 Å². The van der Waals surface area contributed by atoms with Gasteiger partial charge in [-0.25, -0.2) is 0 Å².